The number of amides is 1. The number of thiophene rings is 1. The molecule has 2 aromatic heterocycles. The second-order valence-corrected chi connectivity index (χ2v) is 8.11. The van der Waals surface area contributed by atoms with E-state index in [1.807, 2.05) is 35.0 Å². The Labute approximate surface area is 180 Å². The first-order valence-corrected chi connectivity index (χ1v) is 11.2. The number of nitrogens with one attached hydrogen (secondary N) is 1. The number of likely N-dealkylation sites (tertiary alicyclic amines) is 1. The molecule has 4 rings (SSSR count). The largest absolute Gasteiger partial charge is 0.496 e. The lowest BCUT2D eigenvalue weighted by atomic mass is 10.0. The number of methoxy groups -OCH3 is 1. The number of benzene rings is 1. The normalized spacial score (nSPS) is 15.2. The van der Waals surface area contributed by atoms with E-state index in [-0.39, 0.29) is 11.9 Å². The molecule has 0 bridgehead atoms. The zero-order chi connectivity index (χ0) is 20.8. The van der Waals surface area contributed by atoms with Crippen molar-refractivity contribution in [3.63, 3.8) is 0 Å². The molecule has 1 N–H and O–H groups in total. The maximum absolute atomic E-state index is 12.5. The first-order chi connectivity index (χ1) is 14.7. The van der Waals surface area contributed by atoms with Crippen LogP contribution in [0.2, 0.25) is 0 Å². The first kappa shape index (κ1) is 20.6. The average molecular weight is 427 g/mol. The Bertz CT molecular complexity index is 951. The number of nitrogens with zero attached hydrogens (tertiary/aromatic N) is 3. The standard InChI is InChI=1S/C22H26N4O3S/c1-28-19-7-3-2-6-17(19)18(26-11-4-5-12-26)14-23-20(27)8-9-21-24-22(25-29-21)16-10-13-30-15-16/h2-3,6-7,10,13,15,18H,4-5,8-9,11-12,14H2,1H3,(H,23,27). The summed E-state index contributed by atoms with van der Waals surface area (Å²) in [6.45, 7) is 2.61. The molecule has 0 spiro atoms. The van der Waals surface area contributed by atoms with E-state index in [1.165, 1.54) is 12.8 Å². The van der Waals surface area contributed by atoms with Crippen molar-refractivity contribution in [2.45, 2.75) is 31.7 Å². The molecule has 158 valence electrons. The van der Waals surface area contributed by atoms with Crippen LogP contribution in [0.1, 0.15) is 36.8 Å². The fraction of sp³-hybridized carbons (Fsp3) is 0.409. The quantitative estimate of drug-likeness (QED) is 0.562. The number of hydrogen-bond donors (Lipinski definition) is 1. The smallest absolute Gasteiger partial charge is 0.227 e. The summed E-state index contributed by atoms with van der Waals surface area (Å²) in [6, 6.07) is 10.1. The van der Waals surface area contributed by atoms with E-state index in [0.29, 0.717) is 31.1 Å². The fourth-order valence-corrected chi connectivity index (χ4v) is 4.45. The van der Waals surface area contributed by atoms with Crippen molar-refractivity contribution in [2.75, 3.05) is 26.7 Å². The molecule has 0 aliphatic carbocycles. The Kier molecular flexibility index (Phi) is 6.76. The highest BCUT2D eigenvalue weighted by Gasteiger charge is 2.26. The second kappa shape index (κ2) is 9.86. The van der Waals surface area contributed by atoms with Crippen LogP contribution in [-0.4, -0.2) is 47.7 Å². The van der Waals surface area contributed by atoms with Crippen molar-refractivity contribution in [1.82, 2.24) is 20.4 Å². The van der Waals surface area contributed by atoms with Crippen molar-refractivity contribution >= 4 is 17.2 Å². The number of para-hydroxylation sites is 1. The molecule has 1 amide bonds. The Balaban J connectivity index is 1.34. The van der Waals surface area contributed by atoms with Crippen LogP contribution in [0.4, 0.5) is 0 Å². The average Bonchev–Trinajstić information content (AvgIpc) is 3.55. The number of rotatable bonds is 9. The number of aromatic nitrogens is 2. The minimum absolute atomic E-state index is 0.0237. The number of aryl methyl sites for hydroxylation is 1. The first-order valence-electron chi connectivity index (χ1n) is 10.2. The van der Waals surface area contributed by atoms with E-state index in [9.17, 15) is 4.79 Å². The molecule has 0 radical (unpaired) electrons. The molecule has 1 aliphatic rings. The summed E-state index contributed by atoms with van der Waals surface area (Å²) in [5.74, 6) is 1.88. The lowest BCUT2D eigenvalue weighted by Gasteiger charge is -2.29. The highest BCUT2D eigenvalue weighted by Crippen LogP contribution is 2.31. The van der Waals surface area contributed by atoms with E-state index in [2.05, 4.69) is 26.4 Å². The van der Waals surface area contributed by atoms with Gasteiger partial charge in [0.25, 0.3) is 0 Å². The maximum atomic E-state index is 12.5. The van der Waals surface area contributed by atoms with Crippen LogP contribution in [0.5, 0.6) is 5.75 Å². The molecule has 0 saturated carbocycles. The van der Waals surface area contributed by atoms with Crippen LogP contribution in [0.3, 0.4) is 0 Å². The molecule has 1 aliphatic heterocycles. The SMILES string of the molecule is COc1ccccc1C(CNC(=O)CCc1nc(-c2ccsc2)no1)N1CCCC1. The van der Waals surface area contributed by atoms with Crippen molar-refractivity contribution < 1.29 is 14.1 Å². The highest BCUT2D eigenvalue weighted by molar-refractivity contribution is 7.08. The van der Waals surface area contributed by atoms with Gasteiger partial charge in [-0.05, 0) is 43.4 Å². The zero-order valence-corrected chi connectivity index (χ0v) is 17.9. The summed E-state index contributed by atoms with van der Waals surface area (Å²) in [5.41, 5.74) is 2.05. The number of ether oxygens (including phenoxy) is 1. The summed E-state index contributed by atoms with van der Waals surface area (Å²) < 4.78 is 10.8. The Morgan fingerprint density at radius 2 is 2.13 bits per heavy atom. The third-order valence-corrected chi connectivity index (χ3v) is 6.07. The monoisotopic (exact) mass is 426 g/mol. The number of carbonyl (C=O) groups excluding carboxylic acids is 1. The number of carbonyl (C=O) groups is 1. The van der Waals surface area contributed by atoms with Crippen LogP contribution >= 0.6 is 11.3 Å². The summed E-state index contributed by atoms with van der Waals surface area (Å²) >= 11 is 1.58. The second-order valence-electron chi connectivity index (χ2n) is 7.33. The van der Waals surface area contributed by atoms with Gasteiger partial charge in [-0.1, -0.05) is 23.4 Å². The molecule has 1 aromatic carbocycles. The van der Waals surface area contributed by atoms with Crippen LogP contribution < -0.4 is 10.1 Å². The van der Waals surface area contributed by atoms with E-state index in [4.69, 9.17) is 9.26 Å². The third kappa shape index (κ3) is 4.88. The van der Waals surface area contributed by atoms with Gasteiger partial charge in [-0.3, -0.25) is 9.69 Å². The van der Waals surface area contributed by atoms with Gasteiger partial charge < -0.3 is 14.6 Å². The molecule has 1 fully saturated rings. The van der Waals surface area contributed by atoms with Crippen LogP contribution in [0.25, 0.3) is 11.4 Å². The molecule has 1 unspecified atom stereocenters. The molecule has 7 nitrogen and oxygen atoms in total. The fourth-order valence-electron chi connectivity index (χ4n) is 3.82. The van der Waals surface area contributed by atoms with Gasteiger partial charge in [-0.2, -0.15) is 16.3 Å². The van der Waals surface area contributed by atoms with Gasteiger partial charge in [-0.25, -0.2) is 0 Å². The van der Waals surface area contributed by atoms with E-state index >= 15 is 0 Å². The molecule has 8 heteroatoms. The molecular formula is C22H26N4O3S. The van der Waals surface area contributed by atoms with Gasteiger partial charge in [0.05, 0.1) is 13.2 Å². The lowest BCUT2D eigenvalue weighted by Crippen LogP contribution is -2.37. The lowest BCUT2D eigenvalue weighted by molar-refractivity contribution is -0.121. The van der Waals surface area contributed by atoms with E-state index in [0.717, 1.165) is 30.0 Å². The van der Waals surface area contributed by atoms with Crippen LogP contribution in [0, 0.1) is 0 Å². The molecule has 3 heterocycles. The Morgan fingerprint density at radius 3 is 2.90 bits per heavy atom. The topological polar surface area (TPSA) is 80.5 Å². The van der Waals surface area contributed by atoms with Crippen molar-refractivity contribution in [1.29, 1.82) is 0 Å². The van der Waals surface area contributed by atoms with Gasteiger partial charge >= 0.3 is 0 Å². The Morgan fingerprint density at radius 1 is 1.30 bits per heavy atom. The Hall–Kier alpha value is -2.71. The van der Waals surface area contributed by atoms with Crippen LogP contribution in [-0.2, 0) is 11.2 Å². The predicted octanol–water partition coefficient (Wildman–Crippen LogP) is 3.69. The predicted molar refractivity (Wildman–Crippen MR) is 115 cm³/mol. The molecular weight excluding hydrogens is 400 g/mol. The van der Waals surface area contributed by atoms with E-state index < -0.39 is 0 Å². The summed E-state index contributed by atoms with van der Waals surface area (Å²) in [7, 11) is 1.69. The minimum atomic E-state index is -0.0237. The summed E-state index contributed by atoms with van der Waals surface area (Å²) in [4.78, 5) is 19.3. The van der Waals surface area contributed by atoms with Gasteiger partial charge in [0.2, 0.25) is 17.6 Å². The molecule has 1 atom stereocenters. The maximum Gasteiger partial charge on any atom is 0.227 e. The van der Waals surface area contributed by atoms with Gasteiger partial charge in [-0.15, -0.1) is 0 Å². The van der Waals surface area contributed by atoms with Crippen molar-refractivity contribution in [3.8, 4) is 17.1 Å². The zero-order valence-electron chi connectivity index (χ0n) is 17.0. The number of hydrogen-bond acceptors (Lipinski definition) is 7. The highest BCUT2D eigenvalue weighted by atomic mass is 32.1. The van der Waals surface area contributed by atoms with Gasteiger partial charge in [0, 0.05) is 35.9 Å². The molecule has 3 aromatic rings. The minimum Gasteiger partial charge on any atom is -0.496 e. The third-order valence-electron chi connectivity index (χ3n) is 5.39. The van der Waals surface area contributed by atoms with Gasteiger partial charge in [0.1, 0.15) is 5.75 Å². The van der Waals surface area contributed by atoms with E-state index in [1.54, 1.807) is 18.4 Å². The van der Waals surface area contributed by atoms with Crippen LogP contribution in [0.15, 0.2) is 45.6 Å². The van der Waals surface area contributed by atoms with Crippen molar-refractivity contribution in [3.05, 3.63) is 52.5 Å². The van der Waals surface area contributed by atoms with Gasteiger partial charge in [0.15, 0.2) is 0 Å². The summed E-state index contributed by atoms with van der Waals surface area (Å²) in [5, 5.41) is 11.0. The summed E-state index contributed by atoms with van der Waals surface area (Å²) in [6.07, 6.45) is 3.10. The molecule has 1 saturated heterocycles. The van der Waals surface area contributed by atoms with Crippen molar-refractivity contribution in [2.24, 2.45) is 0 Å². The molecule has 30 heavy (non-hydrogen) atoms.